The van der Waals surface area contributed by atoms with Gasteiger partial charge in [0.25, 0.3) is 0 Å². The lowest BCUT2D eigenvalue weighted by atomic mass is 9.84. The number of benzene rings is 2. The van der Waals surface area contributed by atoms with Gasteiger partial charge in [0.05, 0.1) is 18.8 Å². The molecule has 2 aromatic carbocycles. The predicted octanol–water partition coefficient (Wildman–Crippen LogP) is 3.06. The van der Waals surface area contributed by atoms with E-state index in [2.05, 4.69) is 44.1 Å². The van der Waals surface area contributed by atoms with Crippen molar-refractivity contribution in [3.05, 3.63) is 83.4 Å². The van der Waals surface area contributed by atoms with Crippen LogP contribution in [0.1, 0.15) is 29.2 Å². The van der Waals surface area contributed by atoms with Gasteiger partial charge in [-0.15, -0.1) is 0 Å². The Balaban J connectivity index is 1.28. The van der Waals surface area contributed by atoms with Gasteiger partial charge in [-0.2, -0.15) is 9.97 Å². The number of nitrogens with zero attached hydrogens (tertiary/aromatic N) is 5. The molecule has 2 aliphatic heterocycles. The van der Waals surface area contributed by atoms with Gasteiger partial charge in [0, 0.05) is 24.9 Å². The van der Waals surface area contributed by atoms with Gasteiger partial charge in [-0.1, -0.05) is 60.7 Å². The summed E-state index contributed by atoms with van der Waals surface area (Å²) >= 11 is 6.44. The molecule has 4 heterocycles. The zero-order valence-electron chi connectivity index (χ0n) is 22.2. The molecule has 0 amide bonds. The van der Waals surface area contributed by atoms with Gasteiger partial charge in [-0.25, -0.2) is 4.98 Å². The molecule has 2 saturated heterocycles. The summed E-state index contributed by atoms with van der Waals surface area (Å²) in [6, 6.07) is 20.7. The summed E-state index contributed by atoms with van der Waals surface area (Å²) in [6.07, 6.45) is -3.29. The van der Waals surface area contributed by atoms with Crippen LogP contribution < -0.4 is 4.90 Å². The quantitative estimate of drug-likeness (QED) is 0.136. The third kappa shape index (κ3) is 6.02. The first-order valence-electron chi connectivity index (χ1n) is 13.3. The molecule has 6 rings (SSSR count). The van der Waals surface area contributed by atoms with Crippen LogP contribution in [0.15, 0.2) is 67.0 Å². The normalized spacial score (nSPS) is 26.9. The van der Waals surface area contributed by atoms with Crippen molar-refractivity contribution in [2.45, 2.75) is 36.4 Å². The van der Waals surface area contributed by atoms with E-state index in [0.29, 0.717) is 30.1 Å². The number of aromatic nitrogens is 4. The molecule has 2 aromatic heterocycles. The number of ether oxygens (including phenoxy) is 1. The third-order valence-corrected chi connectivity index (χ3v) is 10.3. The van der Waals surface area contributed by atoms with Crippen LogP contribution in [-0.2, 0) is 9.26 Å². The molecule has 15 heteroatoms. The van der Waals surface area contributed by atoms with Crippen molar-refractivity contribution in [3.8, 4) is 0 Å². The zero-order valence-corrected chi connectivity index (χ0v) is 24.7. The number of anilines is 1. The van der Waals surface area contributed by atoms with Gasteiger partial charge in [0.1, 0.15) is 18.3 Å². The fourth-order valence-corrected chi connectivity index (χ4v) is 7.41. The molecular formula is C27H30ClN5O7P2. The lowest BCUT2D eigenvalue weighted by Crippen LogP contribution is -2.33. The second-order valence-electron chi connectivity index (χ2n) is 10.3. The van der Waals surface area contributed by atoms with E-state index in [1.807, 2.05) is 36.4 Å². The molecule has 0 radical (unpaired) electrons. The molecule has 2 fully saturated rings. The molecule has 5 N–H and O–H groups in total. The van der Waals surface area contributed by atoms with Crippen LogP contribution in [-0.4, -0.2) is 88.3 Å². The van der Waals surface area contributed by atoms with Gasteiger partial charge in [-0.3, -0.25) is 4.57 Å². The number of aliphatic hydroxyl groups is 2. The highest BCUT2D eigenvalue weighted by atomic mass is 35.5. The molecule has 4 aromatic rings. The summed E-state index contributed by atoms with van der Waals surface area (Å²) in [6.45, 7) is 1.09. The average Bonchev–Trinajstić information content (AvgIpc) is 3.68. The van der Waals surface area contributed by atoms with Crippen LogP contribution in [0.4, 0.5) is 5.82 Å². The first-order valence-corrected chi connectivity index (χ1v) is 16.5. The van der Waals surface area contributed by atoms with Crippen molar-refractivity contribution in [1.82, 2.24) is 19.5 Å². The first kappa shape index (κ1) is 29.7. The Bertz CT molecular complexity index is 1460. The molecular weight excluding hydrogens is 604 g/mol. The van der Waals surface area contributed by atoms with Crippen molar-refractivity contribution in [1.29, 1.82) is 0 Å². The highest BCUT2D eigenvalue weighted by Crippen LogP contribution is 2.45. The molecule has 0 spiro atoms. The number of hydrogen-bond donors (Lipinski definition) is 5. The van der Waals surface area contributed by atoms with Gasteiger partial charge in [0.15, 0.2) is 40.0 Å². The predicted molar refractivity (Wildman–Crippen MR) is 158 cm³/mol. The Morgan fingerprint density at radius 2 is 1.52 bits per heavy atom. The van der Waals surface area contributed by atoms with Crippen molar-refractivity contribution < 1.29 is 34.2 Å². The summed E-state index contributed by atoms with van der Waals surface area (Å²) in [4.78, 5) is 43.7. The van der Waals surface area contributed by atoms with Gasteiger partial charge >= 0.3 is 0 Å². The van der Waals surface area contributed by atoms with E-state index in [9.17, 15) is 15.1 Å². The number of fused-ring (bicyclic) bond motifs is 1. The fraction of sp³-hybridized carbons (Fsp3) is 0.370. The van der Waals surface area contributed by atoms with Crippen LogP contribution in [0.2, 0.25) is 5.28 Å². The largest absolute Gasteiger partial charge is 0.387 e. The third-order valence-electron chi connectivity index (χ3n) is 7.70. The van der Waals surface area contributed by atoms with Crippen LogP contribution in [0, 0.1) is 0 Å². The molecule has 2 aliphatic rings. The highest BCUT2D eigenvalue weighted by Gasteiger charge is 2.45. The minimum absolute atomic E-state index is 0.00187. The topological polar surface area (TPSA) is 166 Å². The fourth-order valence-electron chi connectivity index (χ4n) is 5.74. The van der Waals surface area contributed by atoms with E-state index >= 15 is 0 Å². The monoisotopic (exact) mass is 633 g/mol. The Morgan fingerprint density at radius 1 is 0.905 bits per heavy atom. The van der Waals surface area contributed by atoms with Gasteiger partial charge < -0.3 is 39.1 Å². The molecule has 42 heavy (non-hydrogen) atoms. The van der Waals surface area contributed by atoms with Gasteiger partial charge in [-0.05, 0) is 22.7 Å². The molecule has 222 valence electrons. The molecule has 0 aliphatic carbocycles. The SMILES string of the molecule is OC1C(COP(O)CP(O)O)OC(n2cnc3c(N4CC(c5ccccc5)C(c5ccccc5)C4)nc(Cl)nc32)C1O. The minimum atomic E-state index is -2.33. The number of imidazole rings is 1. The lowest BCUT2D eigenvalue weighted by Gasteiger charge is -2.19. The molecule has 0 saturated carbocycles. The summed E-state index contributed by atoms with van der Waals surface area (Å²) in [7, 11) is -4.45. The Hall–Kier alpha value is -2.34. The number of aliphatic hydroxyl groups excluding tert-OH is 2. The maximum atomic E-state index is 10.8. The highest BCUT2D eigenvalue weighted by molar-refractivity contribution is 7.63. The minimum Gasteiger partial charge on any atom is -0.387 e. The van der Waals surface area contributed by atoms with E-state index < -0.39 is 41.3 Å². The van der Waals surface area contributed by atoms with E-state index in [-0.39, 0.29) is 29.6 Å². The Morgan fingerprint density at radius 3 is 2.12 bits per heavy atom. The van der Waals surface area contributed by atoms with Crippen LogP contribution >= 0.6 is 28.4 Å². The molecule has 12 nitrogen and oxygen atoms in total. The number of halogens is 1. The number of rotatable bonds is 9. The lowest BCUT2D eigenvalue weighted by molar-refractivity contribution is -0.0471. The summed E-state index contributed by atoms with van der Waals surface area (Å²) < 4.78 is 12.7. The second kappa shape index (κ2) is 12.7. The van der Waals surface area contributed by atoms with E-state index in [1.54, 1.807) is 0 Å². The summed E-state index contributed by atoms with van der Waals surface area (Å²) in [5.41, 5.74) is 3.25. The van der Waals surface area contributed by atoms with E-state index in [4.69, 9.17) is 30.6 Å². The van der Waals surface area contributed by atoms with Gasteiger partial charge in [0.2, 0.25) is 5.28 Å². The second-order valence-corrected chi connectivity index (χ2v) is 13.5. The van der Waals surface area contributed by atoms with Crippen LogP contribution in [0.3, 0.4) is 0 Å². The first-order chi connectivity index (χ1) is 20.3. The molecule has 7 atom stereocenters. The van der Waals surface area contributed by atoms with E-state index in [0.717, 1.165) is 0 Å². The summed E-state index contributed by atoms with van der Waals surface area (Å²) in [5.74, 6) is 0.643. The smallest absolute Gasteiger partial charge is 0.226 e. The summed E-state index contributed by atoms with van der Waals surface area (Å²) in [5, 5.41) is 21.5. The maximum absolute atomic E-state index is 10.8. The van der Waals surface area contributed by atoms with Crippen LogP contribution in [0.25, 0.3) is 11.2 Å². The Labute approximate surface area is 249 Å². The Kier molecular flexibility index (Phi) is 9.00. The standard InChI is InChI=1S/C27H30ClN5O7P2/c28-27-30-24(32-11-18(16-7-3-1-4-8-16)19(12-32)17-9-5-2-6-10-17)21-25(31-27)33(14-29-21)26-23(35)22(34)20(40-26)13-39-42(38)15-41(36)37/h1-10,14,18-20,22-23,26,34-38H,11-13,15H2. The maximum Gasteiger partial charge on any atom is 0.226 e. The van der Waals surface area contributed by atoms with Crippen LogP contribution in [0.5, 0.6) is 0 Å². The average molecular weight is 634 g/mol. The van der Waals surface area contributed by atoms with Crippen molar-refractivity contribution in [2.75, 3.05) is 30.5 Å². The van der Waals surface area contributed by atoms with Crippen molar-refractivity contribution >= 4 is 45.3 Å². The number of hydrogen-bond acceptors (Lipinski definition) is 11. The molecule has 0 bridgehead atoms. The zero-order chi connectivity index (χ0) is 29.4. The van der Waals surface area contributed by atoms with Crippen molar-refractivity contribution in [3.63, 3.8) is 0 Å². The van der Waals surface area contributed by atoms with E-state index in [1.165, 1.54) is 22.0 Å². The van der Waals surface area contributed by atoms with Crippen molar-refractivity contribution in [2.24, 2.45) is 0 Å². The molecule has 7 unspecified atom stereocenters.